The summed E-state index contributed by atoms with van der Waals surface area (Å²) in [5.74, 6) is -6.18. The summed E-state index contributed by atoms with van der Waals surface area (Å²) in [4.78, 5) is 134. The van der Waals surface area contributed by atoms with E-state index in [-0.39, 0.29) is 70.2 Å². The molecule has 0 aromatic heterocycles. The van der Waals surface area contributed by atoms with Crippen molar-refractivity contribution in [3.63, 3.8) is 0 Å². The summed E-state index contributed by atoms with van der Waals surface area (Å²) in [6.45, 7) is 5.48. The highest BCUT2D eigenvalue weighted by Crippen LogP contribution is 2.35. The number of nitrogens with one attached hydrogen (secondary N) is 4. The second-order valence-electron chi connectivity index (χ2n) is 16.8. The first-order valence-corrected chi connectivity index (χ1v) is 23.0. The summed E-state index contributed by atoms with van der Waals surface area (Å²) in [5.41, 5.74) is 16.6. The van der Waals surface area contributed by atoms with Crippen molar-refractivity contribution in [2.75, 3.05) is 32.8 Å². The van der Waals surface area contributed by atoms with Crippen LogP contribution < -0.4 is 38.5 Å². The maximum Gasteiger partial charge on any atom is 0.469 e. The van der Waals surface area contributed by atoms with E-state index in [9.17, 15) is 62.9 Å². The minimum atomic E-state index is -5.24. The smallest absolute Gasteiger partial charge is 0.391 e. The van der Waals surface area contributed by atoms with Crippen molar-refractivity contribution in [2.45, 2.75) is 146 Å². The number of amides is 7. The van der Waals surface area contributed by atoms with Gasteiger partial charge in [0.05, 0.1) is 30.9 Å². The van der Waals surface area contributed by atoms with E-state index in [0.717, 1.165) is 4.90 Å². The van der Waals surface area contributed by atoms with Crippen LogP contribution in [-0.4, -0.2) is 182 Å². The first kappa shape index (κ1) is 53.6. The Bertz CT molecular complexity index is 1760. The topological polar surface area (TPSA) is 392 Å². The summed E-state index contributed by atoms with van der Waals surface area (Å²) in [6, 6.07) is -10.4. The van der Waals surface area contributed by atoms with Crippen molar-refractivity contribution in [2.24, 2.45) is 28.1 Å². The van der Waals surface area contributed by atoms with E-state index in [4.69, 9.17) is 17.2 Å². The van der Waals surface area contributed by atoms with Crippen molar-refractivity contribution in [1.82, 2.24) is 36.0 Å². The molecule has 3 heterocycles. The number of guanidine groups is 1. The molecule has 26 heteroatoms. The van der Waals surface area contributed by atoms with Crippen LogP contribution >= 0.6 is 7.82 Å². The Balaban J connectivity index is 1.78. The average Bonchev–Trinajstić information content (AvgIpc) is 4.01. The van der Waals surface area contributed by atoms with Crippen LogP contribution in [0, 0.1) is 5.92 Å². The summed E-state index contributed by atoms with van der Waals surface area (Å²) in [6.07, 6.45) is 0.143. The van der Waals surface area contributed by atoms with E-state index in [1.165, 1.54) is 23.6 Å². The molecule has 0 aromatic rings. The van der Waals surface area contributed by atoms with Crippen LogP contribution in [0.2, 0.25) is 0 Å². The Kier molecular flexibility index (Phi) is 20.5. The van der Waals surface area contributed by atoms with E-state index in [0.29, 0.717) is 32.0 Å². The van der Waals surface area contributed by atoms with Gasteiger partial charge in [-0.3, -0.25) is 43.1 Å². The number of phosphoric acid groups is 1. The Morgan fingerprint density at radius 2 is 1.27 bits per heavy atom. The first-order valence-electron chi connectivity index (χ1n) is 21.4. The minimum Gasteiger partial charge on any atom is -0.391 e. The van der Waals surface area contributed by atoms with E-state index < -0.39 is 116 Å². The number of carbonyl (C=O) groups excluding carboxylic acids is 8. The number of nitrogens with two attached hydrogens (primary N) is 3. The molecule has 14 N–H and O–H groups in total. The molecule has 3 aliphatic rings. The molecular weight excluding hydrogens is 865 g/mol. The summed E-state index contributed by atoms with van der Waals surface area (Å²) in [7, 11) is -5.24. The van der Waals surface area contributed by atoms with E-state index >= 15 is 0 Å². The number of likely N-dealkylation sites (tertiary alicyclic amines) is 3. The number of aliphatic hydroxyl groups excluding tert-OH is 2. The molecule has 3 fully saturated rings. The van der Waals surface area contributed by atoms with Gasteiger partial charge in [-0.25, -0.2) is 4.57 Å². The molecule has 0 spiro atoms. The first-order chi connectivity index (χ1) is 30.0. The summed E-state index contributed by atoms with van der Waals surface area (Å²) >= 11 is 0. The number of hydrogen-bond acceptors (Lipinski definition) is 14. The lowest BCUT2D eigenvalue weighted by atomic mass is 10.0. The third-order valence-electron chi connectivity index (χ3n) is 11.2. The van der Waals surface area contributed by atoms with Gasteiger partial charge < -0.3 is 78.0 Å². The predicted molar refractivity (Wildman–Crippen MR) is 227 cm³/mol. The highest BCUT2D eigenvalue weighted by molar-refractivity contribution is 7.46. The number of nitrogens with zero attached hydrogens (tertiary/aromatic N) is 4. The Morgan fingerprint density at radius 3 is 1.80 bits per heavy atom. The monoisotopic (exact) mass is 931 g/mol. The fourth-order valence-corrected chi connectivity index (χ4v) is 8.24. The molecule has 3 aliphatic heterocycles. The Morgan fingerprint density at radius 1 is 0.750 bits per heavy atom. The number of phosphoric ester groups is 1. The third kappa shape index (κ3) is 15.4. The second-order valence-corrected chi connectivity index (χ2v) is 18.0. The number of aldehydes is 1. The normalized spacial score (nSPS) is 22.1. The number of aliphatic hydroxyl groups is 2. The predicted octanol–water partition coefficient (Wildman–Crippen LogP) is -4.60. The number of carbonyl (C=O) groups is 8. The van der Waals surface area contributed by atoms with Crippen LogP contribution in [-0.2, 0) is 47.4 Å². The van der Waals surface area contributed by atoms with Gasteiger partial charge in [0.2, 0.25) is 41.4 Å². The van der Waals surface area contributed by atoms with Crippen molar-refractivity contribution in [1.29, 1.82) is 0 Å². The van der Waals surface area contributed by atoms with Gasteiger partial charge in [-0.2, -0.15) is 0 Å². The van der Waals surface area contributed by atoms with Gasteiger partial charge in [0.15, 0.2) is 5.96 Å². The van der Waals surface area contributed by atoms with Crippen LogP contribution in [0.4, 0.5) is 0 Å². The van der Waals surface area contributed by atoms with Crippen LogP contribution in [0.15, 0.2) is 4.99 Å². The number of rotatable bonds is 23. The molecule has 0 aromatic carbocycles. The summed E-state index contributed by atoms with van der Waals surface area (Å²) < 4.78 is 16.4. The third-order valence-corrected chi connectivity index (χ3v) is 11.7. The molecule has 25 nitrogen and oxygen atoms in total. The highest BCUT2D eigenvalue weighted by Gasteiger charge is 2.44. The van der Waals surface area contributed by atoms with Gasteiger partial charge >= 0.3 is 7.82 Å². The molecule has 64 heavy (non-hydrogen) atoms. The van der Waals surface area contributed by atoms with E-state index in [1.807, 2.05) is 0 Å². The molecule has 0 bridgehead atoms. The van der Waals surface area contributed by atoms with Gasteiger partial charge in [-0.05, 0) is 77.6 Å². The zero-order chi connectivity index (χ0) is 48.1. The standard InChI is InChI=1S/C38H66N11O14P/c1-20(2)17-25(35(57)48-15-7-12-28(48)34(56)46-29(21(3)51)36(58)47-14-6-9-23(47)18-50)43-32(54)26(19-63-64(60,61)62)44-33(55)27-11-8-16-49(27)37(59)30(22(4)52)45-31(53)24(39)10-5-13-42-38(40)41/h18,20-30,51-52H,5-17,19,39H2,1-4H3,(H,43,54)(H,44,55)(H,45,53)(H,46,56)(H4,40,41,42)(H2,60,61,62)/t21-,22-,23+,24+,25+,26+,27+,28+,29+,30+/m1/s1. The highest BCUT2D eigenvalue weighted by atomic mass is 31.2. The van der Waals surface area contributed by atoms with Gasteiger partial charge in [0.25, 0.3) is 0 Å². The molecule has 0 radical (unpaired) electrons. The van der Waals surface area contributed by atoms with Gasteiger partial charge in [0, 0.05) is 26.2 Å². The van der Waals surface area contributed by atoms with Crippen molar-refractivity contribution < 1.29 is 67.4 Å². The lowest BCUT2D eigenvalue weighted by molar-refractivity contribution is -0.145. The maximum atomic E-state index is 14.2. The number of hydrogen-bond donors (Lipinski definition) is 11. The molecule has 3 saturated heterocycles. The number of aliphatic imine (C=N–C) groups is 1. The van der Waals surface area contributed by atoms with Crippen LogP contribution in [0.5, 0.6) is 0 Å². The maximum absolute atomic E-state index is 14.2. The summed E-state index contributed by atoms with van der Waals surface area (Å²) in [5, 5.41) is 30.9. The van der Waals surface area contributed by atoms with Crippen molar-refractivity contribution >= 4 is 61.4 Å². The van der Waals surface area contributed by atoms with Gasteiger partial charge in [-0.1, -0.05) is 13.8 Å². The van der Waals surface area contributed by atoms with E-state index in [2.05, 4.69) is 30.8 Å². The van der Waals surface area contributed by atoms with Crippen LogP contribution in [0.25, 0.3) is 0 Å². The van der Waals surface area contributed by atoms with E-state index in [1.54, 1.807) is 13.8 Å². The lowest BCUT2D eigenvalue weighted by Gasteiger charge is -2.33. The molecular formula is C38H66N11O14P. The zero-order valence-electron chi connectivity index (χ0n) is 36.7. The molecule has 0 unspecified atom stereocenters. The van der Waals surface area contributed by atoms with Gasteiger partial charge in [0.1, 0.15) is 42.5 Å². The van der Waals surface area contributed by atoms with Crippen molar-refractivity contribution in [3.05, 3.63) is 0 Å². The molecule has 3 rings (SSSR count). The fourth-order valence-electron chi connectivity index (χ4n) is 7.90. The molecule has 0 saturated carbocycles. The largest absolute Gasteiger partial charge is 0.469 e. The van der Waals surface area contributed by atoms with Crippen LogP contribution in [0.1, 0.15) is 85.5 Å². The SMILES string of the molecule is CC(C)C[C@H](NC(=O)[C@H](COP(=O)(O)O)NC(=O)[C@@H]1CCCN1C(=O)[C@@H](NC(=O)[C@@H](N)CCCN=C(N)N)[C@@H](C)O)C(=O)N1CCC[C@H]1C(=O)N[C@H](C(=O)N1CCC[C@H]1C=O)[C@@H](C)O. The Labute approximate surface area is 371 Å². The Hall–Kier alpha value is -4.78. The molecule has 0 aliphatic carbocycles. The average molecular weight is 932 g/mol. The van der Waals surface area contributed by atoms with Gasteiger partial charge in [-0.15, -0.1) is 0 Å². The molecule has 10 atom stereocenters. The quantitative estimate of drug-likeness (QED) is 0.0151. The zero-order valence-corrected chi connectivity index (χ0v) is 37.6. The lowest BCUT2D eigenvalue weighted by Crippen LogP contribution is -2.61. The van der Waals surface area contributed by atoms with Crippen LogP contribution in [0.3, 0.4) is 0 Å². The second kappa shape index (κ2) is 24.5. The molecule has 7 amide bonds. The van der Waals surface area contributed by atoms with Crippen molar-refractivity contribution in [3.8, 4) is 0 Å². The minimum absolute atomic E-state index is 0.00351. The molecule has 362 valence electrons. The fraction of sp³-hybridized carbons (Fsp3) is 0.763.